The molecule has 9 heteroatoms. The number of methoxy groups -OCH3 is 1. The Kier molecular flexibility index (Phi) is 4.38. The van der Waals surface area contributed by atoms with E-state index < -0.39 is 18.7 Å². The molecule has 0 fully saturated rings. The molecule has 0 aliphatic rings. The zero-order valence-corrected chi connectivity index (χ0v) is 14.7. The van der Waals surface area contributed by atoms with Gasteiger partial charge in [0.25, 0.3) is 5.91 Å². The Labute approximate surface area is 163 Å². The molecule has 0 bridgehead atoms. The van der Waals surface area contributed by atoms with Crippen LogP contribution in [0.2, 0.25) is 5.15 Å². The molecule has 1 amide bonds. The number of pyridine rings is 1. The van der Waals surface area contributed by atoms with E-state index in [4.69, 9.17) is 20.5 Å². The number of hydrogen-bond donors (Lipinski definition) is 2. The van der Waals surface area contributed by atoms with Gasteiger partial charge in [0, 0.05) is 17.3 Å². The van der Waals surface area contributed by atoms with E-state index in [0.29, 0.717) is 17.0 Å². The van der Waals surface area contributed by atoms with Crippen molar-refractivity contribution in [1.82, 2.24) is 20.3 Å². The van der Waals surface area contributed by atoms with Crippen LogP contribution in [0.5, 0.6) is 5.75 Å². The van der Waals surface area contributed by atoms with Crippen molar-refractivity contribution in [3.8, 4) is 17.1 Å². The van der Waals surface area contributed by atoms with Crippen LogP contribution in [0.25, 0.3) is 11.4 Å². The highest BCUT2D eigenvalue weighted by Crippen LogP contribution is 2.37. The number of carbonyl (C=O) groups is 1. The van der Waals surface area contributed by atoms with Gasteiger partial charge >= 0.3 is 0 Å². The van der Waals surface area contributed by atoms with Gasteiger partial charge in [0.1, 0.15) is 5.15 Å². The zero-order valence-electron chi connectivity index (χ0n) is 17.0. The smallest absolute Gasteiger partial charge is 0.254 e. The number of nitrogens with zero attached hydrogens (tertiary/aromatic N) is 3. The number of benzene rings is 1. The molecule has 138 valence electrons. The summed E-state index contributed by atoms with van der Waals surface area (Å²) in [6, 6.07) is 6.39. The molecule has 3 rings (SSSR count). The molecule has 2 N–H and O–H groups in total. The first-order valence-electron chi connectivity index (χ1n) is 9.08. The van der Waals surface area contributed by atoms with Crippen LogP contribution >= 0.6 is 11.6 Å². The summed E-state index contributed by atoms with van der Waals surface area (Å²) in [4.78, 5) is 24.1. The fraction of sp³-hybridized carbons (Fsp3) is 0.111. The second-order valence-corrected chi connectivity index (χ2v) is 5.63. The van der Waals surface area contributed by atoms with Crippen LogP contribution in [0.1, 0.15) is 14.5 Å². The van der Waals surface area contributed by atoms with Gasteiger partial charge in [-0.2, -0.15) is 0 Å². The topological polar surface area (TPSA) is 89.0 Å². The van der Waals surface area contributed by atoms with E-state index in [9.17, 15) is 9.18 Å². The molecular formula is C18H15ClFN5O2. The van der Waals surface area contributed by atoms with Crippen molar-refractivity contribution in [3.63, 3.8) is 0 Å². The summed E-state index contributed by atoms with van der Waals surface area (Å²) in [5.74, 6) is -0.897. The molecule has 0 aliphatic heterocycles. The highest BCUT2D eigenvalue weighted by Gasteiger charge is 2.17. The molecule has 7 nitrogen and oxygen atoms in total. The third-order valence-corrected chi connectivity index (χ3v) is 3.79. The molecule has 1 aromatic carbocycles. The SMILES string of the molecule is [2H]C([2H])([2H])NC(=O)c1cnc(Cl)cc1Nc1cccc(-c2ncc(F)cn2)c1OC. The van der Waals surface area contributed by atoms with Gasteiger partial charge in [0.2, 0.25) is 0 Å². The van der Waals surface area contributed by atoms with Crippen molar-refractivity contribution in [2.45, 2.75) is 0 Å². The number of anilines is 2. The van der Waals surface area contributed by atoms with Crippen molar-refractivity contribution >= 4 is 28.9 Å². The summed E-state index contributed by atoms with van der Waals surface area (Å²) in [7, 11) is 1.43. The first kappa shape index (κ1) is 14.9. The number of rotatable bonds is 5. The van der Waals surface area contributed by atoms with Crippen LogP contribution in [0.4, 0.5) is 15.8 Å². The summed E-state index contributed by atoms with van der Waals surface area (Å²) in [5.41, 5.74) is 1.04. The number of nitrogens with one attached hydrogen (secondary N) is 2. The van der Waals surface area contributed by atoms with Gasteiger partial charge in [-0.1, -0.05) is 17.7 Å². The van der Waals surface area contributed by atoms with E-state index in [0.717, 1.165) is 18.6 Å². The van der Waals surface area contributed by atoms with E-state index in [1.54, 1.807) is 18.2 Å². The lowest BCUT2D eigenvalue weighted by Crippen LogP contribution is -2.19. The Bertz CT molecular complexity index is 1080. The minimum Gasteiger partial charge on any atom is -0.494 e. The molecule has 3 aromatic rings. The summed E-state index contributed by atoms with van der Waals surface area (Å²) in [6.45, 7) is -2.68. The molecule has 0 saturated heterocycles. The highest BCUT2D eigenvalue weighted by molar-refractivity contribution is 6.29. The number of hydrogen-bond acceptors (Lipinski definition) is 6. The second kappa shape index (κ2) is 7.96. The molecule has 2 heterocycles. The van der Waals surface area contributed by atoms with Gasteiger partial charge in [0.15, 0.2) is 17.4 Å². The molecule has 0 spiro atoms. The van der Waals surface area contributed by atoms with Crippen molar-refractivity contribution < 1.29 is 18.0 Å². The summed E-state index contributed by atoms with van der Waals surface area (Å²) in [5, 5.41) is 4.98. The third kappa shape index (κ3) is 3.95. The van der Waals surface area contributed by atoms with Gasteiger partial charge in [-0.3, -0.25) is 4.79 Å². The second-order valence-electron chi connectivity index (χ2n) is 5.24. The molecule has 0 atom stereocenters. The molecular weight excluding hydrogens is 373 g/mol. The number of para-hydroxylation sites is 1. The Morgan fingerprint density at radius 2 is 2.00 bits per heavy atom. The van der Waals surface area contributed by atoms with Gasteiger partial charge in [-0.25, -0.2) is 19.3 Å². The Morgan fingerprint density at radius 1 is 1.22 bits per heavy atom. The fourth-order valence-electron chi connectivity index (χ4n) is 2.41. The maximum atomic E-state index is 13.2. The molecule has 0 aliphatic carbocycles. The highest BCUT2D eigenvalue weighted by atomic mass is 35.5. The van der Waals surface area contributed by atoms with Crippen LogP contribution in [-0.4, -0.2) is 34.9 Å². The van der Waals surface area contributed by atoms with Crippen molar-refractivity contribution in [1.29, 1.82) is 0 Å². The van der Waals surface area contributed by atoms with Crippen LogP contribution in [-0.2, 0) is 0 Å². The molecule has 0 saturated carbocycles. The number of ether oxygens (including phenoxy) is 1. The summed E-state index contributed by atoms with van der Waals surface area (Å²) >= 11 is 5.96. The standard InChI is InChI=1S/C18H15ClFN5O2/c1-21-18(26)12-9-22-15(19)6-14(12)25-13-5-3-4-11(16(13)27-2)17-23-7-10(20)8-24-17/h3-9H,1-2H3,(H,21,26)(H,22,25)/i1D3. The lowest BCUT2D eigenvalue weighted by molar-refractivity contribution is 0.0963. The minimum absolute atomic E-state index is 0.0407. The first-order valence-corrected chi connectivity index (χ1v) is 7.96. The van der Waals surface area contributed by atoms with E-state index in [2.05, 4.69) is 20.3 Å². The van der Waals surface area contributed by atoms with Gasteiger partial charge in [-0.05, 0) is 18.2 Å². The monoisotopic (exact) mass is 390 g/mol. The number of aromatic nitrogens is 3. The molecule has 2 aromatic heterocycles. The number of halogens is 2. The molecule has 0 unspecified atom stereocenters. The quantitative estimate of drug-likeness (QED) is 0.649. The van der Waals surface area contributed by atoms with Gasteiger partial charge < -0.3 is 15.4 Å². The van der Waals surface area contributed by atoms with E-state index in [1.807, 2.05) is 5.32 Å². The largest absolute Gasteiger partial charge is 0.494 e. The van der Waals surface area contributed by atoms with E-state index >= 15 is 0 Å². The van der Waals surface area contributed by atoms with E-state index in [-0.39, 0.29) is 22.2 Å². The maximum absolute atomic E-state index is 13.2. The van der Waals surface area contributed by atoms with Gasteiger partial charge in [-0.15, -0.1) is 0 Å². The first-order chi connectivity index (χ1) is 14.2. The number of amides is 1. The number of carbonyl (C=O) groups excluding carboxylic acids is 1. The Balaban J connectivity index is 2.03. The van der Waals surface area contributed by atoms with Crippen molar-refractivity contribution in [2.24, 2.45) is 0 Å². The Hall–Kier alpha value is -3.26. The molecule has 27 heavy (non-hydrogen) atoms. The maximum Gasteiger partial charge on any atom is 0.254 e. The lowest BCUT2D eigenvalue weighted by Gasteiger charge is -2.16. The lowest BCUT2D eigenvalue weighted by atomic mass is 10.1. The normalized spacial score (nSPS) is 12.5. The van der Waals surface area contributed by atoms with Crippen LogP contribution in [0.3, 0.4) is 0 Å². The van der Waals surface area contributed by atoms with Crippen LogP contribution in [0.15, 0.2) is 42.9 Å². The molecule has 0 radical (unpaired) electrons. The predicted molar refractivity (Wildman–Crippen MR) is 99.9 cm³/mol. The fourth-order valence-corrected chi connectivity index (χ4v) is 2.57. The van der Waals surface area contributed by atoms with E-state index in [1.165, 1.54) is 13.2 Å². The average molecular weight is 391 g/mol. The summed E-state index contributed by atoms with van der Waals surface area (Å²) in [6.07, 6.45) is 3.22. The summed E-state index contributed by atoms with van der Waals surface area (Å²) < 4.78 is 40.3. The minimum atomic E-state index is -2.68. The van der Waals surface area contributed by atoms with Crippen molar-refractivity contribution in [3.05, 3.63) is 59.4 Å². The predicted octanol–water partition coefficient (Wildman–Crippen LogP) is 3.44. The van der Waals surface area contributed by atoms with Crippen molar-refractivity contribution in [2.75, 3.05) is 19.4 Å². The van der Waals surface area contributed by atoms with Crippen LogP contribution < -0.4 is 15.4 Å². The average Bonchev–Trinajstić information content (AvgIpc) is 2.67. The third-order valence-electron chi connectivity index (χ3n) is 3.58. The van der Waals surface area contributed by atoms with Crippen LogP contribution in [0, 0.1) is 5.82 Å². The zero-order chi connectivity index (χ0) is 21.9. The Morgan fingerprint density at radius 3 is 2.70 bits per heavy atom. The van der Waals surface area contributed by atoms with Gasteiger partial charge in [0.05, 0.1) is 42.0 Å².